The Bertz CT molecular complexity index is 549. The summed E-state index contributed by atoms with van der Waals surface area (Å²) in [6.45, 7) is 4.27. The van der Waals surface area contributed by atoms with Crippen molar-refractivity contribution in [3.8, 4) is 0 Å². The number of pyridine rings is 1. The molecule has 0 aliphatic rings. The van der Waals surface area contributed by atoms with E-state index < -0.39 is 0 Å². The van der Waals surface area contributed by atoms with Crippen LogP contribution in [0.5, 0.6) is 0 Å². The molecule has 19 heavy (non-hydrogen) atoms. The van der Waals surface area contributed by atoms with Crippen molar-refractivity contribution in [2.24, 2.45) is 0 Å². The van der Waals surface area contributed by atoms with Crippen molar-refractivity contribution in [3.63, 3.8) is 0 Å². The fraction of sp³-hybridized carbons (Fsp3) is 0.438. The molecule has 2 atom stereocenters. The Kier molecular flexibility index (Phi) is 4.17. The van der Waals surface area contributed by atoms with Crippen molar-refractivity contribution in [1.29, 1.82) is 0 Å². The van der Waals surface area contributed by atoms with Crippen molar-refractivity contribution in [2.75, 3.05) is 14.2 Å². The van der Waals surface area contributed by atoms with Gasteiger partial charge in [-0.3, -0.25) is 4.98 Å². The number of para-hydroxylation sites is 1. The smallest absolute Gasteiger partial charge is 0.0842 e. The number of nitrogens with one attached hydrogen (secondary N) is 1. The lowest BCUT2D eigenvalue weighted by Crippen LogP contribution is -2.41. The molecule has 3 nitrogen and oxygen atoms in total. The summed E-state index contributed by atoms with van der Waals surface area (Å²) in [4.78, 5) is 4.54. The van der Waals surface area contributed by atoms with E-state index in [1.54, 1.807) is 7.11 Å². The summed E-state index contributed by atoms with van der Waals surface area (Å²) in [6.07, 6.45) is 2.87. The largest absolute Gasteiger partial charge is 0.377 e. The van der Waals surface area contributed by atoms with E-state index in [1.807, 2.05) is 31.4 Å². The highest BCUT2D eigenvalue weighted by Crippen LogP contribution is 2.32. The van der Waals surface area contributed by atoms with E-state index in [4.69, 9.17) is 4.74 Å². The first-order chi connectivity index (χ1) is 9.14. The number of hydrogen-bond donors (Lipinski definition) is 1. The average molecular weight is 258 g/mol. The molecule has 0 spiro atoms. The fourth-order valence-corrected chi connectivity index (χ4v) is 2.54. The van der Waals surface area contributed by atoms with Gasteiger partial charge >= 0.3 is 0 Å². The summed E-state index contributed by atoms with van der Waals surface area (Å²) in [5, 5.41) is 4.52. The Morgan fingerprint density at radius 2 is 2.11 bits per heavy atom. The molecule has 1 N–H and O–H groups in total. The number of rotatable bonds is 5. The van der Waals surface area contributed by atoms with Crippen molar-refractivity contribution in [1.82, 2.24) is 10.3 Å². The van der Waals surface area contributed by atoms with Crippen LogP contribution in [0.15, 0.2) is 36.5 Å². The maximum Gasteiger partial charge on any atom is 0.0842 e. The fourth-order valence-electron chi connectivity index (χ4n) is 2.54. The molecule has 102 valence electrons. The summed E-state index contributed by atoms with van der Waals surface area (Å²) < 4.78 is 5.72. The van der Waals surface area contributed by atoms with Crippen LogP contribution in [-0.4, -0.2) is 24.7 Å². The molecule has 0 saturated carbocycles. The van der Waals surface area contributed by atoms with Gasteiger partial charge in [-0.25, -0.2) is 0 Å². The highest BCUT2D eigenvalue weighted by Gasteiger charge is 2.32. The van der Waals surface area contributed by atoms with E-state index in [2.05, 4.69) is 36.3 Å². The SMILES string of the molecule is CCC(C)(OC)C(NC)c1cnc2ccccc2c1. The molecule has 2 unspecified atom stereocenters. The van der Waals surface area contributed by atoms with Crippen LogP contribution < -0.4 is 5.32 Å². The predicted molar refractivity (Wildman–Crippen MR) is 79.2 cm³/mol. The van der Waals surface area contributed by atoms with E-state index in [-0.39, 0.29) is 11.6 Å². The van der Waals surface area contributed by atoms with Gasteiger partial charge in [0.05, 0.1) is 17.2 Å². The third kappa shape index (κ3) is 2.62. The van der Waals surface area contributed by atoms with E-state index in [0.717, 1.165) is 22.9 Å². The molecule has 0 amide bonds. The Labute approximate surface area is 115 Å². The number of benzene rings is 1. The first kappa shape index (κ1) is 14.0. The zero-order chi connectivity index (χ0) is 13.9. The van der Waals surface area contributed by atoms with E-state index >= 15 is 0 Å². The summed E-state index contributed by atoms with van der Waals surface area (Å²) >= 11 is 0. The monoisotopic (exact) mass is 258 g/mol. The van der Waals surface area contributed by atoms with Crippen molar-refractivity contribution in [2.45, 2.75) is 31.9 Å². The van der Waals surface area contributed by atoms with Crippen LogP contribution in [-0.2, 0) is 4.74 Å². The normalized spacial score (nSPS) is 16.2. The molecule has 1 aromatic carbocycles. The number of aromatic nitrogens is 1. The second-order valence-corrected chi connectivity index (χ2v) is 5.05. The molecule has 0 aliphatic heterocycles. The van der Waals surface area contributed by atoms with Gasteiger partial charge in [0.25, 0.3) is 0 Å². The van der Waals surface area contributed by atoms with Crippen molar-refractivity contribution in [3.05, 3.63) is 42.1 Å². The van der Waals surface area contributed by atoms with E-state index in [1.165, 1.54) is 0 Å². The minimum atomic E-state index is -0.237. The van der Waals surface area contributed by atoms with Crippen LogP contribution in [0.25, 0.3) is 10.9 Å². The highest BCUT2D eigenvalue weighted by molar-refractivity contribution is 5.78. The van der Waals surface area contributed by atoms with E-state index in [0.29, 0.717) is 0 Å². The molecule has 0 fully saturated rings. The Morgan fingerprint density at radius 1 is 1.37 bits per heavy atom. The number of hydrogen-bond acceptors (Lipinski definition) is 3. The van der Waals surface area contributed by atoms with E-state index in [9.17, 15) is 0 Å². The second kappa shape index (κ2) is 5.68. The maximum absolute atomic E-state index is 5.72. The number of ether oxygens (including phenoxy) is 1. The minimum absolute atomic E-state index is 0.125. The van der Waals surface area contributed by atoms with Crippen molar-refractivity contribution >= 4 is 10.9 Å². The molecule has 1 aromatic heterocycles. The minimum Gasteiger partial charge on any atom is -0.377 e. The lowest BCUT2D eigenvalue weighted by molar-refractivity contribution is -0.0280. The molecular weight excluding hydrogens is 236 g/mol. The third-order valence-electron chi connectivity index (χ3n) is 4.01. The van der Waals surface area contributed by atoms with Gasteiger partial charge in [0.1, 0.15) is 0 Å². The van der Waals surface area contributed by atoms with Gasteiger partial charge in [-0.05, 0) is 38.1 Å². The van der Waals surface area contributed by atoms with Crippen molar-refractivity contribution < 1.29 is 4.74 Å². The van der Waals surface area contributed by atoms with Crippen LogP contribution in [0.4, 0.5) is 0 Å². The van der Waals surface area contributed by atoms with Gasteiger partial charge in [0.15, 0.2) is 0 Å². The van der Waals surface area contributed by atoms with Crippen LogP contribution in [0.3, 0.4) is 0 Å². The number of methoxy groups -OCH3 is 1. The topological polar surface area (TPSA) is 34.1 Å². The molecule has 2 rings (SSSR count). The second-order valence-electron chi connectivity index (χ2n) is 5.05. The third-order valence-corrected chi connectivity index (χ3v) is 4.01. The van der Waals surface area contributed by atoms with Gasteiger partial charge in [0.2, 0.25) is 0 Å². The molecule has 2 aromatic rings. The zero-order valence-corrected chi connectivity index (χ0v) is 12.1. The summed E-state index contributed by atoms with van der Waals surface area (Å²) in [5.74, 6) is 0. The lowest BCUT2D eigenvalue weighted by Gasteiger charge is -2.35. The Morgan fingerprint density at radius 3 is 2.74 bits per heavy atom. The number of fused-ring (bicyclic) bond motifs is 1. The molecule has 0 bridgehead atoms. The van der Waals surface area contributed by atoms with Crippen LogP contribution in [0.1, 0.15) is 31.9 Å². The Balaban J connectivity index is 2.46. The maximum atomic E-state index is 5.72. The highest BCUT2D eigenvalue weighted by atomic mass is 16.5. The summed E-state index contributed by atoms with van der Waals surface area (Å²) in [5.41, 5.74) is 1.95. The van der Waals surface area contributed by atoms with Gasteiger partial charge in [0, 0.05) is 18.7 Å². The Hall–Kier alpha value is -1.45. The molecule has 1 heterocycles. The van der Waals surface area contributed by atoms with Gasteiger partial charge < -0.3 is 10.1 Å². The summed E-state index contributed by atoms with van der Waals surface area (Å²) in [6, 6.07) is 10.5. The molecule has 3 heteroatoms. The summed E-state index contributed by atoms with van der Waals surface area (Å²) in [7, 11) is 3.73. The van der Waals surface area contributed by atoms with Gasteiger partial charge in [-0.2, -0.15) is 0 Å². The number of likely N-dealkylation sites (N-methyl/N-ethyl adjacent to an activating group) is 1. The standard InChI is InChI=1S/C16H22N2O/c1-5-16(2,19-4)15(17-3)13-10-12-8-6-7-9-14(12)18-11-13/h6-11,15,17H,5H2,1-4H3. The lowest BCUT2D eigenvalue weighted by atomic mass is 9.88. The molecule has 0 saturated heterocycles. The van der Waals surface area contributed by atoms with Gasteiger partial charge in [-0.15, -0.1) is 0 Å². The average Bonchev–Trinajstić information content (AvgIpc) is 2.47. The molecule has 0 radical (unpaired) electrons. The van der Waals surface area contributed by atoms with Crippen LogP contribution in [0.2, 0.25) is 0 Å². The molecule has 0 aliphatic carbocycles. The van der Waals surface area contributed by atoms with Crippen LogP contribution >= 0.6 is 0 Å². The zero-order valence-electron chi connectivity index (χ0n) is 12.1. The molecular formula is C16H22N2O. The number of nitrogens with zero attached hydrogens (tertiary/aromatic N) is 1. The first-order valence-corrected chi connectivity index (χ1v) is 6.71. The van der Waals surface area contributed by atoms with Crippen LogP contribution in [0, 0.1) is 0 Å². The van der Waals surface area contributed by atoms with Gasteiger partial charge in [-0.1, -0.05) is 25.1 Å². The predicted octanol–water partition coefficient (Wildman–Crippen LogP) is 3.31. The quantitative estimate of drug-likeness (QED) is 0.893. The first-order valence-electron chi connectivity index (χ1n) is 6.71.